The largest absolute Gasteiger partial charge is 0.396 e. The zero-order valence-electron chi connectivity index (χ0n) is 10.8. The van der Waals surface area contributed by atoms with E-state index in [0.29, 0.717) is 13.0 Å². The third kappa shape index (κ3) is 2.54. The molecule has 1 heterocycles. The first-order chi connectivity index (χ1) is 8.63. The quantitative estimate of drug-likeness (QED) is 0.881. The molecule has 0 saturated carbocycles. The molecule has 1 aliphatic heterocycles. The second-order valence-corrected chi connectivity index (χ2v) is 4.71. The number of amides is 1. The lowest BCUT2D eigenvalue weighted by molar-refractivity contribution is -0.127. The van der Waals surface area contributed by atoms with Crippen LogP contribution in [0.2, 0.25) is 0 Å². The number of morpholine rings is 1. The molecule has 1 unspecified atom stereocenters. The summed E-state index contributed by atoms with van der Waals surface area (Å²) in [6, 6.07) is 5.92. The lowest BCUT2D eigenvalue weighted by Crippen LogP contribution is -2.50. The summed E-state index contributed by atoms with van der Waals surface area (Å²) in [7, 11) is 0. The van der Waals surface area contributed by atoms with Crippen LogP contribution in [0.5, 0.6) is 0 Å². The van der Waals surface area contributed by atoms with Crippen molar-refractivity contribution in [3.63, 3.8) is 0 Å². The molecule has 0 aliphatic carbocycles. The molecular formula is C14H19NO3. The van der Waals surface area contributed by atoms with Crippen LogP contribution in [0.25, 0.3) is 0 Å². The fourth-order valence-electron chi connectivity index (χ4n) is 2.22. The predicted molar refractivity (Wildman–Crippen MR) is 69.7 cm³/mol. The highest BCUT2D eigenvalue weighted by atomic mass is 16.5. The SMILES string of the molecule is Cc1ccc(N2C(=O)COCC2CCO)cc1C. The van der Waals surface area contributed by atoms with Crippen molar-refractivity contribution >= 4 is 11.6 Å². The summed E-state index contributed by atoms with van der Waals surface area (Å²) in [5.74, 6) is -0.0389. The highest BCUT2D eigenvalue weighted by Gasteiger charge is 2.29. The van der Waals surface area contributed by atoms with E-state index in [2.05, 4.69) is 0 Å². The second kappa shape index (κ2) is 5.50. The zero-order valence-corrected chi connectivity index (χ0v) is 10.8. The Hall–Kier alpha value is -1.39. The molecule has 0 aromatic heterocycles. The first-order valence-electron chi connectivity index (χ1n) is 6.21. The van der Waals surface area contributed by atoms with Crippen LogP contribution in [0.1, 0.15) is 17.5 Å². The summed E-state index contributed by atoms with van der Waals surface area (Å²) in [4.78, 5) is 13.8. The van der Waals surface area contributed by atoms with Crippen LogP contribution in [0.3, 0.4) is 0 Å². The van der Waals surface area contributed by atoms with E-state index in [1.165, 1.54) is 5.56 Å². The molecule has 1 amide bonds. The molecule has 0 bridgehead atoms. The first kappa shape index (κ1) is 13.1. The van der Waals surface area contributed by atoms with E-state index in [4.69, 9.17) is 9.84 Å². The average Bonchev–Trinajstić information content (AvgIpc) is 2.34. The maximum atomic E-state index is 12.0. The van der Waals surface area contributed by atoms with Crippen LogP contribution in [0.4, 0.5) is 5.69 Å². The summed E-state index contributed by atoms with van der Waals surface area (Å²) < 4.78 is 5.25. The Labute approximate surface area is 107 Å². The Balaban J connectivity index is 2.31. The second-order valence-electron chi connectivity index (χ2n) is 4.71. The number of nitrogens with zero attached hydrogens (tertiary/aromatic N) is 1. The van der Waals surface area contributed by atoms with Gasteiger partial charge in [0.05, 0.1) is 12.6 Å². The Bertz CT molecular complexity index is 443. The number of carbonyl (C=O) groups excluding carboxylic acids is 1. The van der Waals surface area contributed by atoms with Crippen molar-refractivity contribution in [1.29, 1.82) is 0 Å². The van der Waals surface area contributed by atoms with E-state index < -0.39 is 0 Å². The molecule has 1 fully saturated rings. The summed E-state index contributed by atoms with van der Waals surface area (Å²) in [5, 5.41) is 9.07. The Kier molecular flexibility index (Phi) is 3.99. The number of ether oxygens (including phenoxy) is 1. The number of aryl methyl sites for hydroxylation is 2. The Morgan fingerprint density at radius 3 is 2.83 bits per heavy atom. The number of hydrogen-bond donors (Lipinski definition) is 1. The minimum atomic E-state index is -0.0710. The highest BCUT2D eigenvalue weighted by molar-refractivity contribution is 5.95. The van der Waals surface area contributed by atoms with Crippen molar-refractivity contribution in [3.05, 3.63) is 29.3 Å². The van der Waals surface area contributed by atoms with Crippen LogP contribution in [-0.2, 0) is 9.53 Å². The van der Waals surface area contributed by atoms with Crippen LogP contribution in [0, 0.1) is 13.8 Å². The molecule has 4 heteroatoms. The fourth-order valence-corrected chi connectivity index (χ4v) is 2.22. The Morgan fingerprint density at radius 2 is 2.17 bits per heavy atom. The number of anilines is 1. The maximum Gasteiger partial charge on any atom is 0.253 e. The van der Waals surface area contributed by atoms with Gasteiger partial charge in [0.1, 0.15) is 6.61 Å². The number of hydrogen-bond acceptors (Lipinski definition) is 3. The van der Waals surface area contributed by atoms with Gasteiger partial charge in [-0.05, 0) is 43.5 Å². The van der Waals surface area contributed by atoms with Crippen molar-refractivity contribution in [3.8, 4) is 0 Å². The standard InChI is InChI=1S/C14H19NO3/c1-10-3-4-12(7-11(10)2)15-13(5-6-16)8-18-9-14(15)17/h3-4,7,13,16H,5-6,8-9H2,1-2H3. The van der Waals surface area contributed by atoms with Gasteiger partial charge in [-0.1, -0.05) is 6.07 Å². The third-order valence-electron chi connectivity index (χ3n) is 3.40. The fraction of sp³-hybridized carbons (Fsp3) is 0.500. The lowest BCUT2D eigenvalue weighted by atomic mass is 10.1. The van der Waals surface area contributed by atoms with E-state index in [9.17, 15) is 4.79 Å². The van der Waals surface area contributed by atoms with Gasteiger partial charge in [-0.3, -0.25) is 4.79 Å². The molecule has 1 aromatic carbocycles. The normalized spacial score (nSPS) is 20.3. The third-order valence-corrected chi connectivity index (χ3v) is 3.40. The van der Waals surface area contributed by atoms with Gasteiger partial charge in [0, 0.05) is 12.3 Å². The molecule has 1 saturated heterocycles. The Morgan fingerprint density at radius 1 is 1.39 bits per heavy atom. The minimum absolute atomic E-state index is 0.0389. The molecule has 1 N–H and O–H groups in total. The van der Waals surface area contributed by atoms with Gasteiger partial charge in [0.25, 0.3) is 5.91 Å². The van der Waals surface area contributed by atoms with Gasteiger partial charge < -0.3 is 14.7 Å². The van der Waals surface area contributed by atoms with E-state index >= 15 is 0 Å². The zero-order chi connectivity index (χ0) is 13.1. The number of rotatable bonds is 3. The van der Waals surface area contributed by atoms with Crippen LogP contribution >= 0.6 is 0 Å². The van der Waals surface area contributed by atoms with Gasteiger partial charge in [-0.2, -0.15) is 0 Å². The summed E-state index contributed by atoms with van der Waals surface area (Å²) >= 11 is 0. The molecule has 1 atom stereocenters. The number of aliphatic hydroxyl groups excluding tert-OH is 1. The summed E-state index contributed by atoms with van der Waals surface area (Å²) in [6.45, 7) is 4.74. The first-order valence-corrected chi connectivity index (χ1v) is 6.21. The number of aliphatic hydroxyl groups is 1. The molecule has 4 nitrogen and oxygen atoms in total. The van der Waals surface area contributed by atoms with Crippen molar-refractivity contribution in [2.45, 2.75) is 26.3 Å². The van der Waals surface area contributed by atoms with Gasteiger partial charge in [0.15, 0.2) is 0 Å². The minimum Gasteiger partial charge on any atom is -0.396 e. The van der Waals surface area contributed by atoms with Crippen molar-refractivity contribution in [1.82, 2.24) is 0 Å². The predicted octanol–water partition coefficient (Wildman–Crippen LogP) is 1.42. The highest BCUT2D eigenvalue weighted by Crippen LogP contribution is 2.24. The maximum absolute atomic E-state index is 12.0. The van der Waals surface area contributed by atoms with Gasteiger partial charge in [-0.15, -0.1) is 0 Å². The smallest absolute Gasteiger partial charge is 0.253 e. The van der Waals surface area contributed by atoms with Crippen molar-refractivity contribution in [2.75, 3.05) is 24.7 Å². The average molecular weight is 249 g/mol. The van der Waals surface area contributed by atoms with Gasteiger partial charge in [-0.25, -0.2) is 0 Å². The van der Waals surface area contributed by atoms with E-state index in [1.54, 1.807) is 4.90 Å². The molecule has 0 spiro atoms. The topological polar surface area (TPSA) is 49.8 Å². The van der Waals surface area contributed by atoms with E-state index in [-0.39, 0.29) is 25.2 Å². The van der Waals surface area contributed by atoms with Gasteiger partial charge >= 0.3 is 0 Å². The van der Waals surface area contributed by atoms with Crippen LogP contribution in [0.15, 0.2) is 18.2 Å². The van der Waals surface area contributed by atoms with Crippen LogP contribution < -0.4 is 4.90 Å². The summed E-state index contributed by atoms with van der Waals surface area (Å²) in [6.07, 6.45) is 0.540. The number of benzene rings is 1. The number of carbonyl (C=O) groups is 1. The van der Waals surface area contributed by atoms with Crippen LogP contribution in [-0.4, -0.2) is 36.9 Å². The molecule has 18 heavy (non-hydrogen) atoms. The van der Waals surface area contributed by atoms with Gasteiger partial charge in [0.2, 0.25) is 0 Å². The van der Waals surface area contributed by atoms with Crippen molar-refractivity contribution in [2.24, 2.45) is 0 Å². The van der Waals surface area contributed by atoms with Crippen molar-refractivity contribution < 1.29 is 14.6 Å². The molecular weight excluding hydrogens is 230 g/mol. The molecule has 98 valence electrons. The molecule has 2 rings (SSSR count). The lowest BCUT2D eigenvalue weighted by Gasteiger charge is -2.35. The molecule has 0 radical (unpaired) electrons. The monoisotopic (exact) mass is 249 g/mol. The molecule has 1 aromatic rings. The van der Waals surface area contributed by atoms with E-state index in [1.807, 2.05) is 32.0 Å². The molecule has 1 aliphatic rings. The summed E-state index contributed by atoms with van der Waals surface area (Å²) in [5.41, 5.74) is 3.26. The van der Waals surface area contributed by atoms with E-state index in [0.717, 1.165) is 11.3 Å².